The first-order chi connectivity index (χ1) is 14.4. The molecule has 5 N–H and O–H groups in total. The predicted molar refractivity (Wildman–Crippen MR) is 97.9 cm³/mol. The Morgan fingerprint density at radius 2 is 2.00 bits per heavy atom. The Hall–Kier alpha value is -2.68. The lowest BCUT2D eigenvalue weighted by Gasteiger charge is -2.18. The highest BCUT2D eigenvalue weighted by Gasteiger charge is 2.38. The number of hydrogen-bond acceptors (Lipinski definition) is 4. The van der Waals surface area contributed by atoms with E-state index in [1.54, 1.807) is 6.92 Å². The highest BCUT2D eigenvalue weighted by Crippen LogP contribution is 2.39. The van der Waals surface area contributed by atoms with Crippen LogP contribution in [0.3, 0.4) is 0 Å². The lowest BCUT2D eigenvalue weighted by molar-refractivity contribution is -0.141. The standard InChI is InChI=1S/C12H14F3N3O.C4H4F3N3OS/c1-2-6-9(18-11(16)19)7-4-3-5-8(7)17-10(6)12(13,14)15;5-2-1-10(4(6)7)9-3(2)12(8)11/h2-5H2,1H3,(H3,16,17,18,19);1,4H,8H2. The summed E-state index contributed by atoms with van der Waals surface area (Å²) >= 11 is 0. The van der Waals surface area contributed by atoms with Crippen LogP contribution in [0.25, 0.3) is 0 Å². The first-order valence-corrected chi connectivity index (χ1v) is 9.95. The number of halogens is 6. The first-order valence-electron chi connectivity index (χ1n) is 8.74. The fraction of sp³-hybridized carbons (Fsp3) is 0.438. The van der Waals surface area contributed by atoms with Crippen LogP contribution in [0.15, 0.2) is 11.2 Å². The number of amides is 2. The molecule has 8 nitrogen and oxygen atoms in total. The quantitative estimate of drug-likeness (QED) is 0.591. The Bertz CT molecular complexity index is 994. The minimum atomic E-state index is -4.53. The maximum atomic E-state index is 13.0. The van der Waals surface area contributed by atoms with Crippen LogP contribution in [-0.4, -0.2) is 25.0 Å². The van der Waals surface area contributed by atoms with Gasteiger partial charge in [-0.1, -0.05) is 6.92 Å². The highest BCUT2D eigenvalue weighted by molar-refractivity contribution is 7.82. The molecule has 0 radical (unpaired) electrons. The summed E-state index contributed by atoms with van der Waals surface area (Å²) in [5.74, 6) is -1.10. The number of aryl methyl sites for hydroxylation is 1. The van der Waals surface area contributed by atoms with Crippen LogP contribution in [-0.2, 0) is 36.4 Å². The van der Waals surface area contributed by atoms with Gasteiger partial charge in [0.25, 0.3) is 0 Å². The number of rotatable bonds is 4. The van der Waals surface area contributed by atoms with E-state index >= 15 is 0 Å². The summed E-state index contributed by atoms with van der Waals surface area (Å²) < 4.78 is 85.7. The summed E-state index contributed by atoms with van der Waals surface area (Å²) in [6.45, 7) is -1.36. The maximum absolute atomic E-state index is 13.0. The largest absolute Gasteiger partial charge is 0.433 e. The molecule has 0 bridgehead atoms. The molecule has 172 valence electrons. The van der Waals surface area contributed by atoms with Crippen LogP contribution < -0.4 is 16.2 Å². The SMILES string of the molecule is CCc1c(C(F)(F)F)nc2c(c1NC(N)=O)CCC2.NS(=O)c1nn(C(F)F)cc1F. The second-order valence-corrected chi connectivity index (χ2v) is 7.25. The number of alkyl halides is 5. The first kappa shape index (κ1) is 24.6. The number of nitrogens with one attached hydrogen (secondary N) is 1. The zero-order valence-corrected chi connectivity index (χ0v) is 16.8. The third-order valence-corrected chi connectivity index (χ3v) is 4.90. The number of carbonyl (C=O) groups excluding carboxylic acids is 1. The second kappa shape index (κ2) is 9.64. The van der Waals surface area contributed by atoms with Crippen LogP contribution in [0.5, 0.6) is 0 Å². The highest BCUT2D eigenvalue weighted by atomic mass is 32.2. The molecule has 1 aliphatic rings. The van der Waals surface area contributed by atoms with Gasteiger partial charge in [-0.05, 0) is 31.2 Å². The zero-order valence-electron chi connectivity index (χ0n) is 16.0. The van der Waals surface area contributed by atoms with Gasteiger partial charge in [-0.3, -0.25) is 0 Å². The van der Waals surface area contributed by atoms with Gasteiger partial charge in [0.05, 0.1) is 11.9 Å². The summed E-state index contributed by atoms with van der Waals surface area (Å²) in [5, 5.41) is 9.38. The molecule has 1 unspecified atom stereocenters. The molecule has 1 atom stereocenters. The average Bonchev–Trinajstić information content (AvgIpc) is 3.27. The molecule has 0 spiro atoms. The van der Waals surface area contributed by atoms with Gasteiger partial charge in [0.2, 0.25) is 0 Å². The molecule has 3 rings (SSSR count). The van der Waals surface area contributed by atoms with Gasteiger partial charge in [0, 0.05) is 11.3 Å². The molecule has 0 saturated carbocycles. The molecule has 0 aromatic carbocycles. The Balaban J connectivity index is 0.000000245. The molecule has 0 fully saturated rings. The molecule has 2 heterocycles. The van der Waals surface area contributed by atoms with E-state index in [-0.39, 0.29) is 22.4 Å². The number of fused-ring (bicyclic) bond motifs is 1. The number of urea groups is 1. The van der Waals surface area contributed by atoms with E-state index in [1.807, 2.05) is 0 Å². The van der Waals surface area contributed by atoms with Gasteiger partial charge < -0.3 is 11.1 Å². The van der Waals surface area contributed by atoms with E-state index in [0.717, 1.165) is 6.42 Å². The van der Waals surface area contributed by atoms with Crippen LogP contribution in [0.1, 0.15) is 42.4 Å². The van der Waals surface area contributed by atoms with Crippen molar-refractivity contribution in [2.24, 2.45) is 10.9 Å². The van der Waals surface area contributed by atoms with E-state index in [9.17, 15) is 35.3 Å². The van der Waals surface area contributed by atoms with Crippen LogP contribution in [0.4, 0.5) is 36.8 Å². The smallest absolute Gasteiger partial charge is 0.351 e. The van der Waals surface area contributed by atoms with E-state index in [2.05, 4.69) is 15.4 Å². The van der Waals surface area contributed by atoms with Gasteiger partial charge in [-0.2, -0.15) is 27.1 Å². The van der Waals surface area contributed by atoms with Crippen LogP contribution >= 0.6 is 0 Å². The molecule has 0 saturated heterocycles. The molecule has 0 aliphatic heterocycles. The minimum absolute atomic E-state index is 0.00644. The van der Waals surface area contributed by atoms with Crippen molar-refractivity contribution in [3.63, 3.8) is 0 Å². The number of aromatic nitrogens is 3. The van der Waals surface area contributed by atoms with Crippen LogP contribution in [0.2, 0.25) is 0 Å². The van der Waals surface area contributed by atoms with E-state index < -0.39 is 46.3 Å². The number of carbonyl (C=O) groups is 1. The van der Waals surface area contributed by atoms with Gasteiger partial charge in [-0.25, -0.2) is 28.2 Å². The van der Waals surface area contributed by atoms with Crippen LogP contribution in [0, 0.1) is 5.82 Å². The predicted octanol–water partition coefficient (Wildman–Crippen LogP) is 3.04. The monoisotopic (exact) mass is 472 g/mol. The summed E-state index contributed by atoms with van der Waals surface area (Å²) in [7, 11) is -2.18. The Kier molecular flexibility index (Phi) is 7.64. The number of primary amides is 1. The third kappa shape index (κ3) is 5.72. The summed E-state index contributed by atoms with van der Waals surface area (Å²) in [5.41, 5.74) is 5.43. The number of pyridine rings is 1. The van der Waals surface area contributed by atoms with E-state index in [1.165, 1.54) is 0 Å². The second-order valence-electron chi connectivity index (χ2n) is 6.27. The fourth-order valence-corrected chi connectivity index (χ4v) is 3.49. The summed E-state index contributed by atoms with van der Waals surface area (Å²) in [4.78, 5) is 14.8. The number of nitrogens with two attached hydrogens (primary N) is 2. The molecule has 1 aliphatic carbocycles. The molecule has 2 aromatic heterocycles. The van der Waals surface area contributed by atoms with E-state index in [0.29, 0.717) is 30.3 Å². The van der Waals surface area contributed by atoms with Crippen molar-refractivity contribution < 1.29 is 35.3 Å². The molecule has 2 amide bonds. The van der Waals surface area contributed by atoms with E-state index in [4.69, 9.17) is 10.9 Å². The lowest BCUT2D eigenvalue weighted by atomic mass is 10.0. The Morgan fingerprint density at radius 1 is 1.35 bits per heavy atom. The van der Waals surface area contributed by atoms with Crippen molar-refractivity contribution in [2.45, 2.75) is 50.4 Å². The molecule has 15 heteroatoms. The number of nitrogens with zero attached hydrogens (tertiary/aromatic N) is 3. The Labute approximate surface area is 174 Å². The van der Waals surface area contributed by atoms with Crippen molar-refractivity contribution in [3.8, 4) is 0 Å². The van der Waals surface area contributed by atoms with Gasteiger partial charge in [0.15, 0.2) is 10.8 Å². The average molecular weight is 472 g/mol. The summed E-state index contributed by atoms with van der Waals surface area (Å²) in [6.07, 6.45) is -2.12. The normalized spacial score (nSPS) is 14.1. The van der Waals surface area contributed by atoms with Gasteiger partial charge in [-0.15, -0.1) is 0 Å². The van der Waals surface area contributed by atoms with Gasteiger partial charge >= 0.3 is 18.8 Å². The molecule has 2 aromatic rings. The van der Waals surface area contributed by atoms with Gasteiger partial charge in [0.1, 0.15) is 16.7 Å². The van der Waals surface area contributed by atoms with Crippen molar-refractivity contribution in [2.75, 3.05) is 5.32 Å². The maximum Gasteiger partial charge on any atom is 0.433 e. The van der Waals surface area contributed by atoms with Crippen molar-refractivity contribution >= 4 is 22.7 Å². The lowest BCUT2D eigenvalue weighted by Crippen LogP contribution is -2.24. The summed E-state index contributed by atoms with van der Waals surface area (Å²) in [6, 6.07) is -0.858. The van der Waals surface area contributed by atoms with Crippen molar-refractivity contribution in [3.05, 3.63) is 34.5 Å². The number of hydrogen-bond donors (Lipinski definition) is 3. The third-order valence-electron chi connectivity index (χ3n) is 4.24. The van der Waals surface area contributed by atoms with Crippen molar-refractivity contribution in [1.82, 2.24) is 14.8 Å². The minimum Gasteiger partial charge on any atom is -0.351 e. The Morgan fingerprint density at radius 3 is 2.42 bits per heavy atom. The number of anilines is 1. The molecular weight excluding hydrogens is 454 g/mol. The topological polar surface area (TPSA) is 129 Å². The zero-order chi connectivity index (χ0) is 23.5. The van der Waals surface area contributed by atoms with Crippen molar-refractivity contribution in [1.29, 1.82) is 0 Å². The molecular formula is C16H18F6N6O2S. The molecule has 31 heavy (non-hydrogen) atoms. The fourth-order valence-electron chi connectivity index (χ4n) is 3.07.